The molecule has 1 saturated carbocycles. The van der Waals surface area contributed by atoms with Crippen LogP contribution in [0.3, 0.4) is 0 Å². The van der Waals surface area contributed by atoms with Crippen LogP contribution >= 0.6 is 11.8 Å². The molecule has 0 amide bonds. The molecule has 1 aromatic carbocycles. The van der Waals surface area contributed by atoms with Crippen molar-refractivity contribution in [3.63, 3.8) is 0 Å². The summed E-state index contributed by atoms with van der Waals surface area (Å²) < 4.78 is 27.1. The molecule has 4 nitrogen and oxygen atoms in total. The summed E-state index contributed by atoms with van der Waals surface area (Å²) >= 11 is 1.84. The minimum Gasteiger partial charge on any atom is -0.310 e. The Hall–Kier alpha value is -0.560. The first-order valence-electron chi connectivity index (χ1n) is 7.56. The van der Waals surface area contributed by atoms with Crippen molar-refractivity contribution in [1.29, 1.82) is 0 Å². The summed E-state index contributed by atoms with van der Waals surface area (Å²) in [5.74, 6) is 1.94. The summed E-state index contributed by atoms with van der Waals surface area (Å²) in [6.07, 6.45) is 3.42. The summed E-state index contributed by atoms with van der Waals surface area (Å²) in [6.45, 7) is 2.02. The first kappa shape index (κ1) is 15.3. The van der Waals surface area contributed by atoms with Crippen molar-refractivity contribution in [2.75, 3.05) is 24.6 Å². The topological polar surface area (TPSA) is 49.4 Å². The summed E-state index contributed by atoms with van der Waals surface area (Å²) in [5, 5.41) is 3.43. The maximum Gasteiger partial charge on any atom is 0.243 e. The molecule has 0 radical (unpaired) electrons. The van der Waals surface area contributed by atoms with Crippen LogP contribution in [0.2, 0.25) is 0 Å². The summed E-state index contributed by atoms with van der Waals surface area (Å²) in [5.41, 5.74) is 1.05. The van der Waals surface area contributed by atoms with Crippen molar-refractivity contribution >= 4 is 21.8 Å². The molecule has 0 unspecified atom stereocenters. The van der Waals surface area contributed by atoms with E-state index in [4.69, 9.17) is 0 Å². The zero-order valence-electron chi connectivity index (χ0n) is 12.1. The second kappa shape index (κ2) is 6.69. The Morgan fingerprint density at radius 2 is 2.10 bits per heavy atom. The summed E-state index contributed by atoms with van der Waals surface area (Å²) in [7, 11) is -3.34. The van der Waals surface area contributed by atoms with E-state index in [0.29, 0.717) is 24.0 Å². The monoisotopic (exact) mass is 326 g/mol. The van der Waals surface area contributed by atoms with E-state index in [0.717, 1.165) is 30.0 Å². The van der Waals surface area contributed by atoms with Gasteiger partial charge in [0.2, 0.25) is 10.0 Å². The third-order valence-electron chi connectivity index (χ3n) is 3.89. The van der Waals surface area contributed by atoms with Gasteiger partial charge in [-0.05, 0) is 42.7 Å². The second-order valence-electron chi connectivity index (χ2n) is 5.67. The molecular formula is C15H22N2O2S2. The second-order valence-corrected chi connectivity index (χ2v) is 8.84. The molecule has 1 saturated heterocycles. The van der Waals surface area contributed by atoms with Crippen molar-refractivity contribution < 1.29 is 8.42 Å². The zero-order valence-corrected chi connectivity index (χ0v) is 13.8. The Bertz CT molecular complexity index is 577. The number of nitrogens with one attached hydrogen (secondary N) is 1. The number of thioether (sulfide) groups is 1. The third kappa shape index (κ3) is 4.00. The lowest BCUT2D eigenvalue weighted by Gasteiger charge is -2.20. The minimum absolute atomic E-state index is 0.435. The van der Waals surface area contributed by atoms with Crippen molar-refractivity contribution in [3.05, 3.63) is 29.8 Å². The quantitative estimate of drug-likeness (QED) is 0.900. The largest absolute Gasteiger partial charge is 0.310 e. The van der Waals surface area contributed by atoms with Gasteiger partial charge in [0.05, 0.1) is 4.90 Å². The molecule has 1 N–H and O–H groups in total. The van der Waals surface area contributed by atoms with Crippen LogP contribution in [-0.2, 0) is 16.6 Å². The van der Waals surface area contributed by atoms with Gasteiger partial charge < -0.3 is 5.32 Å². The zero-order chi connectivity index (χ0) is 14.7. The van der Waals surface area contributed by atoms with E-state index in [-0.39, 0.29) is 0 Å². The van der Waals surface area contributed by atoms with Crippen LogP contribution in [0.4, 0.5) is 0 Å². The van der Waals surface area contributed by atoms with Crippen molar-refractivity contribution in [2.45, 2.75) is 36.7 Å². The maximum atomic E-state index is 12.7. The van der Waals surface area contributed by atoms with Gasteiger partial charge >= 0.3 is 0 Å². The van der Waals surface area contributed by atoms with Gasteiger partial charge in [-0.3, -0.25) is 0 Å². The van der Waals surface area contributed by atoms with E-state index in [1.807, 2.05) is 30.0 Å². The van der Waals surface area contributed by atoms with E-state index in [1.165, 1.54) is 12.8 Å². The highest BCUT2D eigenvalue weighted by molar-refractivity contribution is 7.99. The molecule has 2 aliphatic rings. The number of nitrogens with zero attached hydrogens (tertiary/aromatic N) is 1. The van der Waals surface area contributed by atoms with Gasteiger partial charge in [0.15, 0.2) is 0 Å². The first-order valence-corrected chi connectivity index (χ1v) is 10.2. The molecule has 6 heteroatoms. The maximum absolute atomic E-state index is 12.7. The lowest BCUT2D eigenvalue weighted by atomic mass is 10.2. The minimum atomic E-state index is -3.34. The van der Waals surface area contributed by atoms with Crippen molar-refractivity contribution in [2.24, 2.45) is 0 Å². The van der Waals surface area contributed by atoms with Gasteiger partial charge in [-0.15, -0.1) is 0 Å². The summed E-state index contributed by atoms with van der Waals surface area (Å²) in [4.78, 5) is 0.435. The van der Waals surface area contributed by atoms with Crippen LogP contribution in [-0.4, -0.2) is 43.4 Å². The third-order valence-corrected chi connectivity index (χ3v) is 6.83. The molecule has 2 fully saturated rings. The van der Waals surface area contributed by atoms with E-state index in [1.54, 1.807) is 10.4 Å². The molecule has 0 aromatic heterocycles. The van der Waals surface area contributed by atoms with Crippen LogP contribution in [0, 0.1) is 0 Å². The van der Waals surface area contributed by atoms with E-state index < -0.39 is 10.0 Å². The Morgan fingerprint density at radius 1 is 1.24 bits per heavy atom. The van der Waals surface area contributed by atoms with Crippen molar-refractivity contribution in [1.82, 2.24) is 9.62 Å². The van der Waals surface area contributed by atoms with Gasteiger partial charge in [0, 0.05) is 31.4 Å². The fourth-order valence-corrected chi connectivity index (χ4v) is 5.03. The molecule has 116 valence electrons. The predicted octanol–water partition coefficient (Wildman–Crippen LogP) is 2.07. The van der Waals surface area contributed by atoms with Gasteiger partial charge in [-0.1, -0.05) is 12.1 Å². The van der Waals surface area contributed by atoms with Gasteiger partial charge in [0.1, 0.15) is 0 Å². The summed E-state index contributed by atoms with van der Waals surface area (Å²) in [6, 6.07) is 8.01. The highest BCUT2D eigenvalue weighted by Crippen LogP contribution is 2.22. The van der Waals surface area contributed by atoms with E-state index >= 15 is 0 Å². The molecule has 1 aromatic rings. The highest BCUT2D eigenvalue weighted by Gasteiger charge is 2.25. The van der Waals surface area contributed by atoms with Gasteiger partial charge in [-0.2, -0.15) is 16.1 Å². The Morgan fingerprint density at radius 3 is 2.90 bits per heavy atom. The van der Waals surface area contributed by atoms with Gasteiger partial charge in [0.25, 0.3) is 0 Å². The molecular weight excluding hydrogens is 304 g/mol. The first-order chi connectivity index (χ1) is 10.2. The van der Waals surface area contributed by atoms with Crippen molar-refractivity contribution in [3.8, 4) is 0 Å². The molecule has 21 heavy (non-hydrogen) atoms. The fourth-order valence-electron chi connectivity index (χ4n) is 2.48. The number of rotatable bonds is 5. The van der Waals surface area contributed by atoms with E-state index in [9.17, 15) is 8.42 Å². The van der Waals surface area contributed by atoms with Crippen LogP contribution in [0.1, 0.15) is 24.8 Å². The van der Waals surface area contributed by atoms with Crippen LogP contribution < -0.4 is 5.32 Å². The molecule has 0 spiro atoms. The Kier molecular flexibility index (Phi) is 4.88. The number of hydrogen-bond acceptors (Lipinski definition) is 4. The Balaban J connectivity index is 1.75. The predicted molar refractivity (Wildman–Crippen MR) is 87.0 cm³/mol. The Labute approximate surface area is 131 Å². The van der Waals surface area contributed by atoms with Crippen LogP contribution in [0.15, 0.2) is 29.2 Å². The van der Waals surface area contributed by atoms with Crippen LogP contribution in [0.25, 0.3) is 0 Å². The fraction of sp³-hybridized carbons (Fsp3) is 0.600. The molecule has 0 bridgehead atoms. The molecule has 1 aliphatic carbocycles. The standard InChI is InChI=1S/C15H22N2O2S2/c18-21(19,17-7-2-9-20-10-8-17)15-4-1-3-13(11-15)12-16-14-5-6-14/h1,3-4,11,14,16H,2,5-10,12H2. The van der Waals surface area contributed by atoms with E-state index in [2.05, 4.69) is 5.32 Å². The molecule has 0 atom stereocenters. The lowest BCUT2D eigenvalue weighted by Crippen LogP contribution is -2.33. The lowest BCUT2D eigenvalue weighted by molar-refractivity contribution is 0.435. The highest BCUT2D eigenvalue weighted by atomic mass is 32.2. The SMILES string of the molecule is O=S(=O)(c1cccc(CNC2CC2)c1)N1CCCSCC1. The average molecular weight is 326 g/mol. The molecule has 3 rings (SSSR count). The number of hydrogen-bond donors (Lipinski definition) is 1. The smallest absolute Gasteiger partial charge is 0.243 e. The molecule has 1 aliphatic heterocycles. The molecule has 1 heterocycles. The average Bonchev–Trinajstić information content (AvgIpc) is 3.32. The normalized spacial score (nSPS) is 21.1. The van der Waals surface area contributed by atoms with Crippen LogP contribution in [0.5, 0.6) is 0 Å². The van der Waals surface area contributed by atoms with Gasteiger partial charge in [-0.25, -0.2) is 8.42 Å². The number of benzene rings is 1. The number of sulfonamides is 1.